The van der Waals surface area contributed by atoms with Gasteiger partial charge in [0.1, 0.15) is 17.3 Å². The molecule has 2 nitrogen and oxygen atoms in total. The summed E-state index contributed by atoms with van der Waals surface area (Å²) in [5, 5.41) is 0. The zero-order valence-electron chi connectivity index (χ0n) is 7.93. The number of methoxy groups -OCH3 is 1. The van der Waals surface area contributed by atoms with Crippen LogP contribution in [0.15, 0.2) is 16.6 Å². The fourth-order valence-corrected chi connectivity index (χ4v) is 1.55. The summed E-state index contributed by atoms with van der Waals surface area (Å²) in [5.41, 5.74) is 0.300. The summed E-state index contributed by atoms with van der Waals surface area (Å²) < 4.78 is 18.8. The molecule has 0 unspecified atom stereocenters. The van der Waals surface area contributed by atoms with Crippen molar-refractivity contribution in [2.75, 3.05) is 7.11 Å². The molecule has 0 aliphatic carbocycles. The van der Waals surface area contributed by atoms with E-state index in [1.54, 1.807) is 12.1 Å². The Kier molecular flexibility index (Phi) is 3.63. The van der Waals surface area contributed by atoms with Crippen LogP contribution in [-0.2, 0) is 11.2 Å². The highest BCUT2D eigenvalue weighted by atomic mass is 79.9. The highest BCUT2D eigenvalue weighted by Gasteiger charge is 2.14. The van der Waals surface area contributed by atoms with E-state index in [-0.39, 0.29) is 12.2 Å². The number of benzene rings is 1. The molecule has 0 amide bonds. The van der Waals surface area contributed by atoms with E-state index >= 15 is 0 Å². The molecular formula is C10H10BrFO2. The minimum Gasteiger partial charge on any atom is -0.496 e. The normalized spacial score (nSPS) is 10.0. The molecule has 0 atom stereocenters. The van der Waals surface area contributed by atoms with Crippen molar-refractivity contribution in [1.29, 1.82) is 0 Å². The molecule has 0 saturated heterocycles. The summed E-state index contributed by atoms with van der Waals surface area (Å²) in [5.74, 6) is -0.124. The monoisotopic (exact) mass is 260 g/mol. The largest absolute Gasteiger partial charge is 0.496 e. The predicted molar refractivity (Wildman–Crippen MR) is 55.0 cm³/mol. The van der Waals surface area contributed by atoms with Crippen molar-refractivity contribution < 1.29 is 13.9 Å². The van der Waals surface area contributed by atoms with Gasteiger partial charge in [-0.25, -0.2) is 4.39 Å². The minimum absolute atomic E-state index is 0.0500. The fraction of sp³-hybridized carbons (Fsp3) is 0.300. The van der Waals surface area contributed by atoms with E-state index in [2.05, 4.69) is 15.9 Å². The molecule has 14 heavy (non-hydrogen) atoms. The lowest BCUT2D eigenvalue weighted by molar-refractivity contribution is -0.116. The lowest BCUT2D eigenvalue weighted by Crippen LogP contribution is -2.03. The molecule has 4 heteroatoms. The van der Waals surface area contributed by atoms with Crippen LogP contribution in [0.25, 0.3) is 0 Å². The molecule has 0 aliphatic rings. The molecule has 76 valence electrons. The Labute approximate surface area is 90.2 Å². The SMILES string of the molecule is COc1ccc(Br)c(F)c1CC(C)=O. The van der Waals surface area contributed by atoms with Crippen molar-refractivity contribution in [2.45, 2.75) is 13.3 Å². The Morgan fingerprint density at radius 2 is 2.21 bits per heavy atom. The molecule has 0 fully saturated rings. The van der Waals surface area contributed by atoms with Crippen molar-refractivity contribution in [3.63, 3.8) is 0 Å². The van der Waals surface area contributed by atoms with Crippen molar-refractivity contribution in [2.24, 2.45) is 0 Å². The van der Waals surface area contributed by atoms with Gasteiger partial charge >= 0.3 is 0 Å². The van der Waals surface area contributed by atoms with E-state index < -0.39 is 5.82 Å². The van der Waals surface area contributed by atoms with Crippen LogP contribution < -0.4 is 4.74 Å². The third kappa shape index (κ3) is 2.32. The summed E-state index contributed by atoms with van der Waals surface area (Å²) in [6, 6.07) is 3.18. The maximum atomic E-state index is 13.5. The highest BCUT2D eigenvalue weighted by Crippen LogP contribution is 2.27. The van der Waals surface area contributed by atoms with Crippen molar-refractivity contribution in [3.8, 4) is 5.75 Å². The summed E-state index contributed by atoms with van der Waals surface area (Å²) in [7, 11) is 1.45. The standard InChI is InChI=1S/C10H10BrFO2/c1-6(13)5-7-9(14-2)4-3-8(11)10(7)12/h3-4H,5H2,1-2H3. The van der Waals surface area contributed by atoms with Crippen LogP contribution in [-0.4, -0.2) is 12.9 Å². The lowest BCUT2D eigenvalue weighted by Gasteiger charge is -2.08. The molecule has 0 aliphatic heterocycles. The van der Waals surface area contributed by atoms with Gasteiger partial charge in [-0.05, 0) is 35.0 Å². The number of hydrogen-bond donors (Lipinski definition) is 0. The number of Topliss-reactive ketones (excluding diaryl/α,β-unsaturated/α-hetero) is 1. The number of carbonyl (C=O) groups is 1. The van der Waals surface area contributed by atoms with Gasteiger partial charge in [0.25, 0.3) is 0 Å². The van der Waals surface area contributed by atoms with Crippen LogP contribution >= 0.6 is 15.9 Å². The van der Waals surface area contributed by atoms with Crippen molar-refractivity contribution in [1.82, 2.24) is 0 Å². The molecule has 0 heterocycles. The second-order valence-electron chi connectivity index (χ2n) is 2.92. The first-order chi connectivity index (χ1) is 6.56. The van der Waals surface area contributed by atoms with Crippen LogP contribution in [0, 0.1) is 5.82 Å². The highest BCUT2D eigenvalue weighted by molar-refractivity contribution is 9.10. The van der Waals surface area contributed by atoms with Gasteiger partial charge < -0.3 is 4.74 Å². The van der Waals surface area contributed by atoms with Crippen LogP contribution in [0.2, 0.25) is 0 Å². The van der Waals surface area contributed by atoms with E-state index in [0.29, 0.717) is 15.8 Å². The Bertz CT molecular complexity index is 363. The van der Waals surface area contributed by atoms with Gasteiger partial charge in [-0.2, -0.15) is 0 Å². The van der Waals surface area contributed by atoms with Gasteiger partial charge in [0, 0.05) is 12.0 Å². The lowest BCUT2D eigenvalue weighted by atomic mass is 10.1. The molecular weight excluding hydrogens is 251 g/mol. The zero-order valence-corrected chi connectivity index (χ0v) is 9.52. The van der Waals surface area contributed by atoms with Gasteiger partial charge in [0.15, 0.2) is 0 Å². The molecule has 0 N–H and O–H groups in total. The second-order valence-corrected chi connectivity index (χ2v) is 3.78. The van der Waals surface area contributed by atoms with Crippen molar-refractivity contribution in [3.05, 3.63) is 28.0 Å². The van der Waals surface area contributed by atoms with E-state index in [4.69, 9.17) is 4.74 Å². The summed E-state index contributed by atoms with van der Waals surface area (Å²) in [6.07, 6.45) is 0.0500. The van der Waals surface area contributed by atoms with Crippen LogP contribution in [0.3, 0.4) is 0 Å². The van der Waals surface area contributed by atoms with Crippen LogP contribution in [0.1, 0.15) is 12.5 Å². The fourth-order valence-electron chi connectivity index (χ4n) is 1.18. The number of rotatable bonds is 3. The Morgan fingerprint density at radius 3 is 2.71 bits per heavy atom. The first kappa shape index (κ1) is 11.2. The minimum atomic E-state index is -0.431. The van der Waals surface area contributed by atoms with Crippen LogP contribution in [0.4, 0.5) is 4.39 Å². The van der Waals surface area contributed by atoms with Gasteiger partial charge in [-0.15, -0.1) is 0 Å². The number of hydrogen-bond acceptors (Lipinski definition) is 2. The third-order valence-corrected chi connectivity index (χ3v) is 2.41. The molecule has 1 aromatic carbocycles. The van der Waals surface area contributed by atoms with E-state index in [9.17, 15) is 9.18 Å². The molecule has 1 aromatic rings. The van der Waals surface area contributed by atoms with E-state index in [0.717, 1.165) is 0 Å². The van der Waals surface area contributed by atoms with Gasteiger partial charge in [-0.3, -0.25) is 4.79 Å². The number of carbonyl (C=O) groups excluding carboxylic acids is 1. The Hall–Kier alpha value is -0.900. The summed E-state index contributed by atoms with van der Waals surface area (Å²) >= 11 is 3.06. The maximum absolute atomic E-state index is 13.5. The smallest absolute Gasteiger partial charge is 0.144 e. The van der Waals surface area contributed by atoms with Crippen molar-refractivity contribution >= 4 is 21.7 Å². The summed E-state index contributed by atoms with van der Waals surface area (Å²) in [4.78, 5) is 10.9. The number of ether oxygens (including phenoxy) is 1. The Morgan fingerprint density at radius 1 is 1.57 bits per heavy atom. The van der Waals surface area contributed by atoms with E-state index in [1.807, 2.05) is 0 Å². The molecule has 0 spiro atoms. The molecule has 1 rings (SSSR count). The molecule has 0 saturated carbocycles. The summed E-state index contributed by atoms with van der Waals surface area (Å²) in [6.45, 7) is 1.42. The maximum Gasteiger partial charge on any atom is 0.144 e. The number of ketones is 1. The van der Waals surface area contributed by atoms with Gasteiger partial charge in [0.2, 0.25) is 0 Å². The van der Waals surface area contributed by atoms with Crippen LogP contribution in [0.5, 0.6) is 5.75 Å². The first-order valence-corrected chi connectivity index (χ1v) is 4.86. The molecule has 0 bridgehead atoms. The van der Waals surface area contributed by atoms with Gasteiger partial charge in [-0.1, -0.05) is 0 Å². The van der Waals surface area contributed by atoms with Gasteiger partial charge in [0.05, 0.1) is 11.6 Å². The van der Waals surface area contributed by atoms with E-state index in [1.165, 1.54) is 14.0 Å². The average Bonchev–Trinajstić information content (AvgIpc) is 2.13. The average molecular weight is 261 g/mol. The molecule has 0 aromatic heterocycles. The zero-order chi connectivity index (χ0) is 10.7. The first-order valence-electron chi connectivity index (χ1n) is 4.06. The predicted octanol–water partition coefficient (Wildman–Crippen LogP) is 2.73. The topological polar surface area (TPSA) is 26.3 Å². The second kappa shape index (κ2) is 4.55. The Balaban J connectivity index is 3.20. The third-order valence-electron chi connectivity index (χ3n) is 1.80. The molecule has 0 radical (unpaired) electrons. The quantitative estimate of drug-likeness (QED) is 0.836. The number of halogens is 2.